The lowest BCUT2D eigenvalue weighted by atomic mass is 10.3. The van der Waals surface area contributed by atoms with Crippen LogP contribution in [0.3, 0.4) is 0 Å². The van der Waals surface area contributed by atoms with Gasteiger partial charge in [0.25, 0.3) is 0 Å². The van der Waals surface area contributed by atoms with Crippen LogP contribution in [-0.2, 0) is 13.0 Å². The molecule has 3 heteroatoms. The fourth-order valence-electron chi connectivity index (χ4n) is 1.03. The Labute approximate surface area is 88.4 Å². The number of thiophene rings is 1. The summed E-state index contributed by atoms with van der Waals surface area (Å²) in [7, 11) is 0. The van der Waals surface area contributed by atoms with Gasteiger partial charge >= 0.3 is 0 Å². The van der Waals surface area contributed by atoms with Crippen LogP contribution in [-0.4, -0.2) is 6.54 Å². The predicted molar refractivity (Wildman–Crippen MR) is 60.4 cm³/mol. The second-order valence-corrected chi connectivity index (χ2v) is 4.63. The molecule has 1 N–H and O–H groups in total. The Kier molecular flexibility index (Phi) is 4.50. The quantitative estimate of drug-likeness (QED) is 0.796. The lowest BCUT2D eigenvalue weighted by molar-refractivity contribution is 0.765. The number of nitrogens with one attached hydrogen (secondary N) is 1. The maximum Gasteiger partial charge on any atom is 0.0310 e. The lowest BCUT2D eigenvalue weighted by Gasteiger charge is -1.99. The van der Waals surface area contributed by atoms with Crippen molar-refractivity contribution in [2.75, 3.05) is 6.54 Å². The maximum absolute atomic E-state index is 5.62. The van der Waals surface area contributed by atoms with Crippen molar-refractivity contribution in [3.05, 3.63) is 33.5 Å². The normalized spacial score (nSPS) is 10.3. The Morgan fingerprint density at radius 2 is 2.23 bits per heavy atom. The van der Waals surface area contributed by atoms with E-state index in [1.54, 1.807) is 0 Å². The van der Waals surface area contributed by atoms with E-state index in [9.17, 15) is 0 Å². The molecule has 0 atom stereocenters. The van der Waals surface area contributed by atoms with Crippen LogP contribution in [0.4, 0.5) is 0 Å². The summed E-state index contributed by atoms with van der Waals surface area (Å²) in [4.78, 5) is 2.79. The van der Waals surface area contributed by atoms with Gasteiger partial charge in [-0.3, -0.25) is 0 Å². The molecule has 0 aromatic carbocycles. The summed E-state index contributed by atoms with van der Waals surface area (Å²) in [5.74, 6) is 0. The van der Waals surface area contributed by atoms with E-state index >= 15 is 0 Å². The molecule has 0 spiro atoms. The monoisotopic (exact) mass is 215 g/mol. The zero-order chi connectivity index (χ0) is 9.68. The van der Waals surface area contributed by atoms with Gasteiger partial charge in [0.2, 0.25) is 0 Å². The Morgan fingerprint density at radius 3 is 2.77 bits per heavy atom. The standard InChI is InChI=1S/C10H14ClNS/c1-3-9-4-5-10(13-9)7-12-6-8(2)11/h4-5,12H,2-3,6-7H2,1H3. The van der Waals surface area contributed by atoms with Crippen LogP contribution in [0.25, 0.3) is 0 Å². The van der Waals surface area contributed by atoms with Gasteiger partial charge in [0.1, 0.15) is 0 Å². The molecule has 0 bridgehead atoms. The molecule has 0 amide bonds. The third-order valence-electron chi connectivity index (χ3n) is 1.68. The van der Waals surface area contributed by atoms with Crippen LogP contribution in [0, 0.1) is 0 Å². The summed E-state index contributed by atoms with van der Waals surface area (Å²) >= 11 is 7.47. The molecule has 0 radical (unpaired) electrons. The van der Waals surface area contributed by atoms with Gasteiger partial charge in [-0.05, 0) is 18.6 Å². The van der Waals surface area contributed by atoms with E-state index < -0.39 is 0 Å². The predicted octanol–water partition coefficient (Wildman–Crippen LogP) is 3.15. The molecule has 1 heterocycles. The second-order valence-electron chi connectivity index (χ2n) is 2.84. The van der Waals surface area contributed by atoms with E-state index in [0.717, 1.165) is 13.0 Å². The third-order valence-corrected chi connectivity index (χ3v) is 3.05. The van der Waals surface area contributed by atoms with E-state index in [1.165, 1.54) is 9.75 Å². The SMILES string of the molecule is C=C(Cl)CNCc1ccc(CC)s1. The smallest absolute Gasteiger partial charge is 0.0310 e. The molecule has 0 fully saturated rings. The summed E-state index contributed by atoms with van der Waals surface area (Å²) in [6.07, 6.45) is 1.12. The highest BCUT2D eigenvalue weighted by Gasteiger charge is 1.97. The minimum atomic E-state index is 0.660. The van der Waals surface area contributed by atoms with Crippen molar-refractivity contribution in [2.24, 2.45) is 0 Å². The van der Waals surface area contributed by atoms with E-state index in [4.69, 9.17) is 11.6 Å². The fourth-order valence-corrected chi connectivity index (χ4v) is 2.05. The number of hydrogen-bond donors (Lipinski definition) is 1. The van der Waals surface area contributed by atoms with Gasteiger partial charge in [-0.2, -0.15) is 0 Å². The minimum Gasteiger partial charge on any atom is -0.307 e. The van der Waals surface area contributed by atoms with Crippen molar-refractivity contribution in [3.63, 3.8) is 0 Å². The molecule has 0 aliphatic heterocycles. The zero-order valence-electron chi connectivity index (χ0n) is 7.77. The molecule has 1 aromatic rings. The van der Waals surface area contributed by atoms with Crippen molar-refractivity contribution in [3.8, 4) is 0 Å². The van der Waals surface area contributed by atoms with Gasteiger partial charge < -0.3 is 5.32 Å². The van der Waals surface area contributed by atoms with E-state index in [0.29, 0.717) is 11.6 Å². The molecule has 72 valence electrons. The fraction of sp³-hybridized carbons (Fsp3) is 0.400. The van der Waals surface area contributed by atoms with Crippen molar-refractivity contribution in [2.45, 2.75) is 19.9 Å². The highest BCUT2D eigenvalue weighted by molar-refractivity contribution is 7.11. The van der Waals surface area contributed by atoms with Crippen LogP contribution in [0.1, 0.15) is 16.7 Å². The largest absolute Gasteiger partial charge is 0.307 e. The Hall–Kier alpha value is -0.310. The number of rotatable bonds is 5. The minimum absolute atomic E-state index is 0.660. The van der Waals surface area contributed by atoms with Crippen LogP contribution in [0.2, 0.25) is 0 Å². The van der Waals surface area contributed by atoms with Crippen LogP contribution in [0.5, 0.6) is 0 Å². The summed E-state index contributed by atoms with van der Waals surface area (Å²) < 4.78 is 0. The van der Waals surface area contributed by atoms with Crippen LogP contribution in [0.15, 0.2) is 23.7 Å². The van der Waals surface area contributed by atoms with Crippen molar-refractivity contribution >= 4 is 22.9 Å². The summed E-state index contributed by atoms with van der Waals surface area (Å²) in [5.41, 5.74) is 0. The summed E-state index contributed by atoms with van der Waals surface area (Å²) in [6.45, 7) is 7.35. The van der Waals surface area contributed by atoms with Gasteiger partial charge in [-0.25, -0.2) is 0 Å². The second kappa shape index (κ2) is 5.43. The molecule has 13 heavy (non-hydrogen) atoms. The average molecular weight is 216 g/mol. The Morgan fingerprint density at radius 1 is 1.54 bits per heavy atom. The van der Waals surface area contributed by atoms with E-state index in [2.05, 4.69) is 31.0 Å². The van der Waals surface area contributed by atoms with Crippen molar-refractivity contribution in [1.29, 1.82) is 0 Å². The molecule has 0 aliphatic carbocycles. The number of hydrogen-bond acceptors (Lipinski definition) is 2. The molecule has 1 rings (SSSR count). The molecule has 0 saturated heterocycles. The van der Waals surface area contributed by atoms with E-state index in [-0.39, 0.29) is 0 Å². The van der Waals surface area contributed by atoms with Crippen LogP contribution >= 0.6 is 22.9 Å². The average Bonchev–Trinajstić information content (AvgIpc) is 2.52. The highest BCUT2D eigenvalue weighted by atomic mass is 35.5. The molecule has 0 saturated carbocycles. The molecule has 1 nitrogen and oxygen atoms in total. The zero-order valence-corrected chi connectivity index (χ0v) is 9.34. The Bertz CT molecular complexity index is 280. The van der Waals surface area contributed by atoms with Gasteiger partial charge in [-0.15, -0.1) is 11.3 Å². The first-order valence-corrected chi connectivity index (χ1v) is 5.53. The molecule has 0 unspecified atom stereocenters. The third kappa shape index (κ3) is 3.94. The van der Waals surface area contributed by atoms with Gasteiger partial charge in [0, 0.05) is 27.9 Å². The van der Waals surface area contributed by atoms with Crippen LogP contribution < -0.4 is 5.32 Å². The van der Waals surface area contributed by atoms with Gasteiger partial charge in [-0.1, -0.05) is 25.1 Å². The lowest BCUT2D eigenvalue weighted by Crippen LogP contribution is -2.13. The first-order valence-electron chi connectivity index (χ1n) is 4.34. The maximum atomic E-state index is 5.62. The molecule has 0 aliphatic rings. The molecular weight excluding hydrogens is 202 g/mol. The van der Waals surface area contributed by atoms with Crippen molar-refractivity contribution in [1.82, 2.24) is 5.32 Å². The summed E-state index contributed by atoms with van der Waals surface area (Å²) in [5, 5.41) is 3.88. The van der Waals surface area contributed by atoms with Crippen molar-refractivity contribution < 1.29 is 0 Å². The topological polar surface area (TPSA) is 12.0 Å². The first-order chi connectivity index (χ1) is 6.22. The highest BCUT2D eigenvalue weighted by Crippen LogP contribution is 2.16. The van der Waals surface area contributed by atoms with E-state index in [1.807, 2.05) is 11.3 Å². The van der Waals surface area contributed by atoms with Gasteiger partial charge in [0.15, 0.2) is 0 Å². The Balaban J connectivity index is 2.32. The number of halogens is 1. The van der Waals surface area contributed by atoms with Gasteiger partial charge in [0.05, 0.1) is 0 Å². The number of aryl methyl sites for hydroxylation is 1. The first kappa shape index (κ1) is 10.8. The summed E-state index contributed by atoms with van der Waals surface area (Å²) in [6, 6.07) is 4.34. The molecular formula is C10H14ClNS. The molecule has 1 aromatic heterocycles.